The summed E-state index contributed by atoms with van der Waals surface area (Å²) >= 11 is 0. The number of fused-ring (bicyclic) bond motifs is 2. The summed E-state index contributed by atoms with van der Waals surface area (Å²) in [5.41, 5.74) is 5.06. The Hall–Kier alpha value is -2.69. The highest BCUT2D eigenvalue weighted by Crippen LogP contribution is 2.41. The number of ether oxygens (including phenoxy) is 2. The van der Waals surface area contributed by atoms with Crippen molar-refractivity contribution < 1.29 is 14.7 Å². The summed E-state index contributed by atoms with van der Waals surface area (Å²) in [5.74, 6) is 1.43. The molecular weight excluding hydrogens is 280 g/mol. The Bertz CT molecular complexity index is 745. The van der Waals surface area contributed by atoms with E-state index in [9.17, 15) is 5.21 Å². The molecule has 0 saturated carbocycles. The van der Waals surface area contributed by atoms with E-state index in [-0.39, 0.29) is 6.79 Å². The maximum Gasteiger partial charge on any atom is 0.231 e. The van der Waals surface area contributed by atoms with Gasteiger partial charge >= 0.3 is 0 Å². The number of anilines is 1. The van der Waals surface area contributed by atoms with Crippen LogP contribution in [0.2, 0.25) is 0 Å². The smallest absolute Gasteiger partial charge is 0.231 e. The van der Waals surface area contributed by atoms with E-state index in [1.807, 2.05) is 12.1 Å². The topological polar surface area (TPSA) is 54.3 Å². The Balaban J connectivity index is 1.79. The van der Waals surface area contributed by atoms with Crippen molar-refractivity contribution in [2.24, 2.45) is 5.16 Å². The van der Waals surface area contributed by atoms with Crippen molar-refractivity contribution in [2.75, 3.05) is 11.7 Å². The summed E-state index contributed by atoms with van der Waals surface area (Å²) < 4.78 is 10.9. The lowest BCUT2D eigenvalue weighted by Crippen LogP contribution is -2.17. The van der Waals surface area contributed by atoms with Gasteiger partial charge in [0.1, 0.15) is 0 Å². The van der Waals surface area contributed by atoms with E-state index in [0.717, 1.165) is 30.1 Å². The minimum atomic E-state index is 0.230. The summed E-state index contributed by atoms with van der Waals surface area (Å²) in [4.78, 5) is 2.26. The lowest BCUT2D eigenvalue weighted by Gasteiger charge is -2.21. The second-order valence-electron chi connectivity index (χ2n) is 5.53. The Labute approximate surface area is 128 Å². The van der Waals surface area contributed by atoms with E-state index < -0.39 is 0 Å². The third-order valence-corrected chi connectivity index (χ3v) is 4.21. The number of oxime groups is 1. The summed E-state index contributed by atoms with van der Waals surface area (Å²) in [5, 5.41) is 12.5. The first-order chi connectivity index (χ1) is 10.8. The van der Waals surface area contributed by atoms with Gasteiger partial charge in [-0.2, -0.15) is 0 Å². The van der Waals surface area contributed by atoms with Crippen molar-refractivity contribution in [1.82, 2.24) is 0 Å². The standard InChI is InChI=1S/C17H16N2O3/c1-11(18-20)14-6-16-17(22-10-21-16)7-15(14)19-8-12-4-2-3-5-13(12)9-19/h2-7,20H,8-10H2,1H3/b18-11-. The van der Waals surface area contributed by atoms with Crippen LogP contribution in [-0.4, -0.2) is 17.7 Å². The van der Waals surface area contributed by atoms with Crippen molar-refractivity contribution in [2.45, 2.75) is 20.0 Å². The fourth-order valence-electron chi connectivity index (χ4n) is 3.04. The Kier molecular flexibility index (Phi) is 2.92. The first kappa shape index (κ1) is 13.0. The van der Waals surface area contributed by atoms with Crippen LogP contribution in [0.3, 0.4) is 0 Å². The fourth-order valence-corrected chi connectivity index (χ4v) is 3.04. The number of hydrogen-bond acceptors (Lipinski definition) is 5. The van der Waals surface area contributed by atoms with Crippen molar-refractivity contribution in [3.63, 3.8) is 0 Å². The summed E-state index contributed by atoms with van der Waals surface area (Å²) in [7, 11) is 0. The zero-order valence-corrected chi connectivity index (χ0v) is 12.2. The molecule has 0 saturated heterocycles. The minimum Gasteiger partial charge on any atom is -0.454 e. The molecule has 0 bridgehead atoms. The molecule has 0 aromatic heterocycles. The number of benzene rings is 2. The third kappa shape index (κ3) is 1.97. The molecule has 2 aliphatic rings. The molecule has 0 unspecified atom stereocenters. The highest BCUT2D eigenvalue weighted by atomic mass is 16.7. The summed E-state index contributed by atoms with van der Waals surface area (Å²) in [6.07, 6.45) is 0. The molecule has 2 aliphatic heterocycles. The van der Waals surface area contributed by atoms with Gasteiger partial charge in [0.25, 0.3) is 0 Å². The predicted octanol–water partition coefficient (Wildman–Crippen LogP) is 3.13. The maximum absolute atomic E-state index is 9.17. The normalized spacial score (nSPS) is 16.0. The molecule has 0 atom stereocenters. The van der Waals surface area contributed by atoms with Gasteiger partial charge in [0.05, 0.1) is 11.4 Å². The van der Waals surface area contributed by atoms with Gasteiger partial charge in [0.2, 0.25) is 6.79 Å². The molecule has 2 aromatic rings. The van der Waals surface area contributed by atoms with Crippen molar-refractivity contribution in [3.05, 3.63) is 53.1 Å². The van der Waals surface area contributed by atoms with Crippen LogP contribution in [0.1, 0.15) is 23.6 Å². The monoisotopic (exact) mass is 296 g/mol. The summed E-state index contributed by atoms with van der Waals surface area (Å²) in [6.45, 7) is 3.68. The van der Waals surface area contributed by atoms with Crippen LogP contribution in [0.25, 0.3) is 0 Å². The molecule has 5 heteroatoms. The lowest BCUT2D eigenvalue weighted by molar-refractivity contribution is 0.174. The van der Waals surface area contributed by atoms with E-state index in [1.165, 1.54) is 11.1 Å². The van der Waals surface area contributed by atoms with Crippen LogP contribution < -0.4 is 14.4 Å². The molecule has 0 spiro atoms. The van der Waals surface area contributed by atoms with Crippen LogP contribution in [0.15, 0.2) is 41.6 Å². The highest BCUT2D eigenvalue weighted by Gasteiger charge is 2.25. The first-order valence-corrected chi connectivity index (χ1v) is 7.20. The molecule has 2 aromatic carbocycles. The van der Waals surface area contributed by atoms with Gasteiger partial charge in [-0.15, -0.1) is 0 Å². The average molecular weight is 296 g/mol. The molecule has 0 radical (unpaired) electrons. The molecule has 4 rings (SSSR count). The van der Waals surface area contributed by atoms with E-state index in [0.29, 0.717) is 11.5 Å². The molecule has 0 amide bonds. The molecule has 0 fully saturated rings. The van der Waals surface area contributed by atoms with Gasteiger partial charge in [0.15, 0.2) is 11.5 Å². The molecule has 0 aliphatic carbocycles. The van der Waals surface area contributed by atoms with E-state index >= 15 is 0 Å². The van der Waals surface area contributed by atoms with Crippen LogP contribution >= 0.6 is 0 Å². The molecular formula is C17H16N2O3. The quantitative estimate of drug-likeness (QED) is 0.525. The van der Waals surface area contributed by atoms with Crippen LogP contribution in [-0.2, 0) is 13.1 Å². The van der Waals surface area contributed by atoms with Crippen molar-refractivity contribution >= 4 is 11.4 Å². The Morgan fingerprint density at radius 2 is 1.73 bits per heavy atom. The fraction of sp³-hybridized carbons (Fsp3) is 0.235. The van der Waals surface area contributed by atoms with E-state index in [2.05, 4.69) is 34.3 Å². The van der Waals surface area contributed by atoms with Gasteiger partial charge in [-0.1, -0.05) is 29.4 Å². The third-order valence-electron chi connectivity index (χ3n) is 4.21. The van der Waals surface area contributed by atoms with Crippen LogP contribution in [0, 0.1) is 0 Å². The van der Waals surface area contributed by atoms with Gasteiger partial charge in [0, 0.05) is 24.7 Å². The largest absolute Gasteiger partial charge is 0.454 e. The zero-order chi connectivity index (χ0) is 15.1. The Morgan fingerprint density at radius 3 is 2.36 bits per heavy atom. The Morgan fingerprint density at radius 1 is 1.09 bits per heavy atom. The second-order valence-corrected chi connectivity index (χ2v) is 5.53. The van der Waals surface area contributed by atoms with Crippen molar-refractivity contribution in [3.8, 4) is 11.5 Å². The van der Waals surface area contributed by atoms with E-state index in [4.69, 9.17) is 9.47 Å². The molecule has 2 heterocycles. The maximum atomic E-state index is 9.17. The van der Waals surface area contributed by atoms with Gasteiger partial charge < -0.3 is 19.6 Å². The minimum absolute atomic E-state index is 0.230. The van der Waals surface area contributed by atoms with Gasteiger partial charge in [-0.25, -0.2) is 0 Å². The predicted molar refractivity (Wildman–Crippen MR) is 82.9 cm³/mol. The number of hydrogen-bond donors (Lipinski definition) is 1. The highest BCUT2D eigenvalue weighted by molar-refractivity contribution is 6.04. The number of rotatable bonds is 2. The number of nitrogens with zero attached hydrogens (tertiary/aromatic N) is 2. The SMILES string of the molecule is C/C(=N/O)c1cc2c(cc1N1Cc3ccccc3C1)OCO2. The van der Waals surface area contributed by atoms with E-state index in [1.54, 1.807) is 6.92 Å². The molecule has 22 heavy (non-hydrogen) atoms. The summed E-state index contributed by atoms with van der Waals surface area (Å²) in [6, 6.07) is 12.3. The molecule has 5 nitrogen and oxygen atoms in total. The zero-order valence-electron chi connectivity index (χ0n) is 12.2. The van der Waals surface area contributed by atoms with Gasteiger partial charge in [-0.3, -0.25) is 0 Å². The molecule has 112 valence electrons. The molecule has 1 N–H and O–H groups in total. The second kappa shape index (κ2) is 4.94. The first-order valence-electron chi connectivity index (χ1n) is 7.20. The van der Waals surface area contributed by atoms with Gasteiger partial charge in [-0.05, 0) is 24.1 Å². The lowest BCUT2D eigenvalue weighted by atomic mass is 10.1. The van der Waals surface area contributed by atoms with Crippen molar-refractivity contribution in [1.29, 1.82) is 0 Å². The van der Waals surface area contributed by atoms with Crippen LogP contribution in [0.4, 0.5) is 5.69 Å². The average Bonchev–Trinajstić information content (AvgIpc) is 3.18. The van der Waals surface area contributed by atoms with Crippen LogP contribution in [0.5, 0.6) is 11.5 Å².